The minimum absolute atomic E-state index is 0.00494. The molecule has 0 heterocycles. The highest BCUT2D eigenvalue weighted by Crippen LogP contribution is 2.25. The largest absolute Gasteiger partial charge is 0.392 e. The zero-order chi connectivity index (χ0) is 11.4. The smallest absolute Gasteiger partial charge is 0.274 e. The molecule has 0 unspecified atom stereocenters. The van der Waals surface area contributed by atoms with Crippen LogP contribution in [-0.4, -0.2) is 15.1 Å². The van der Waals surface area contributed by atoms with E-state index in [9.17, 15) is 10.1 Å². The standard InChI is InChI=1S/C9H10ClNO4/c10-3-6-1-7(4-12)8(5-13)2-9(6)11(14)15/h1-2,12-13H,3-5H2. The topological polar surface area (TPSA) is 83.6 Å². The molecule has 0 bridgehead atoms. The van der Waals surface area contributed by atoms with E-state index in [-0.39, 0.29) is 24.8 Å². The lowest BCUT2D eigenvalue weighted by Crippen LogP contribution is -2.01. The Labute approximate surface area is 91.1 Å². The first-order chi connectivity index (χ1) is 7.13. The van der Waals surface area contributed by atoms with E-state index in [0.717, 1.165) is 0 Å². The monoisotopic (exact) mass is 231 g/mol. The maximum absolute atomic E-state index is 10.7. The molecule has 0 radical (unpaired) electrons. The Morgan fingerprint density at radius 2 is 1.73 bits per heavy atom. The fraction of sp³-hybridized carbons (Fsp3) is 0.333. The predicted octanol–water partition coefficient (Wildman–Crippen LogP) is 1.32. The summed E-state index contributed by atoms with van der Waals surface area (Å²) < 4.78 is 0. The van der Waals surface area contributed by atoms with Gasteiger partial charge in [0.15, 0.2) is 0 Å². The van der Waals surface area contributed by atoms with Crippen LogP contribution in [0.4, 0.5) is 5.69 Å². The summed E-state index contributed by atoms with van der Waals surface area (Å²) in [5.74, 6) is -0.00494. The van der Waals surface area contributed by atoms with Crippen LogP contribution >= 0.6 is 11.6 Å². The molecule has 1 aromatic rings. The van der Waals surface area contributed by atoms with Crippen molar-refractivity contribution in [2.75, 3.05) is 0 Å². The van der Waals surface area contributed by atoms with E-state index in [1.807, 2.05) is 0 Å². The number of nitrogens with zero attached hydrogens (tertiary/aromatic N) is 1. The number of hydrogen-bond acceptors (Lipinski definition) is 4. The molecular weight excluding hydrogens is 222 g/mol. The number of aliphatic hydroxyl groups excluding tert-OH is 2. The molecule has 0 saturated heterocycles. The van der Waals surface area contributed by atoms with Crippen molar-refractivity contribution in [3.05, 3.63) is 38.9 Å². The Hall–Kier alpha value is -1.17. The van der Waals surface area contributed by atoms with Crippen LogP contribution in [0.3, 0.4) is 0 Å². The number of aliphatic hydroxyl groups is 2. The highest BCUT2D eigenvalue weighted by Gasteiger charge is 2.16. The van der Waals surface area contributed by atoms with Crippen LogP contribution in [0.25, 0.3) is 0 Å². The molecule has 0 fully saturated rings. The number of benzene rings is 1. The van der Waals surface area contributed by atoms with Crippen LogP contribution in [0, 0.1) is 10.1 Å². The van der Waals surface area contributed by atoms with Crippen LogP contribution in [0.1, 0.15) is 16.7 Å². The van der Waals surface area contributed by atoms with Crippen LogP contribution in [0.15, 0.2) is 12.1 Å². The predicted molar refractivity (Wildman–Crippen MR) is 54.5 cm³/mol. The van der Waals surface area contributed by atoms with Gasteiger partial charge < -0.3 is 10.2 Å². The average Bonchev–Trinajstić information content (AvgIpc) is 2.26. The summed E-state index contributed by atoms with van der Waals surface area (Å²) in [5, 5.41) is 28.6. The van der Waals surface area contributed by atoms with Gasteiger partial charge in [-0.15, -0.1) is 11.6 Å². The van der Waals surface area contributed by atoms with E-state index in [4.69, 9.17) is 21.8 Å². The lowest BCUT2D eigenvalue weighted by atomic mass is 10.0. The van der Waals surface area contributed by atoms with Gasteiger partial charge >= 0.3 is 0 Å². The van der Waals surface area contributed by atoms with Gasteiger partial charge in [0.25, 0.3) is 5.69 Å². The lowest BCUT2D eigenvalue weighted by molar-refractivity contribution is -0.385. The zero-order valence-electron chi connectivity index (χ0n) is 7.81. The van der Waals surface area contributed by atoms with Gasteiger partial charge in [0.1, 0.15) is 0 Å². The first kappa shape index (κ1) is 11.9. The molecule has 6 heteroatoms. The molecule has 0 aliphatic heterocycles. The SMILES string of the molecule is O=[N+]([O-])c1cc(CO)c(CO)cc1CCl. The van der Waals surface area contributed by atoms with Crippen LogP contribution < -0.4 is 0 Å². The van der Waals surface area contributed by atoms with Crippen molar-refractivity contribution in [2.24, 2.45) is 0 Å². The van der Waals surface area contributed by atoms with Crippen LogP contribution in [-0.2, 0) is 19.1 Å². The maximum Gasteiger partial charge on any atom is 0.274 e. The molecule has 15 heavy (non-hydrogen) atoms. The van der Waals surface area contributed by atoms with E-state index in [1.54, 1.807) is 0 Å². The third kappa shape index (κ3) is 2.44. The van der Waals surface area contributed by atoms with Crippen LogP contribution in [0.2, 0.25) is 0 Å². The first-order valence-electron chi connectivity index (χ1n) is 4.20. The molecule has 82 valence electrons. The summed E-state index contributed by atoms with van der Waals surface area (Å²) in [4.78, 5) is 10.1. The normalized spacial score (nSPS) is 10.3. The number of halogens is 1. The molecule has 1 rings (SSSR count). The van der Waals surface area contributed by atoms with Crippen LogP contribution in [0.5, 0.6) is 0 Å². The zero-order valence-corrected chi connectivity index (χ0v) is 8.57. The molecular formula is C9H10ClNO4. The van der Waals surface area contributed by atoms with Gasteiger partial charge in [0.2, 0.25) is 0 Å². The summed E-state index contributed by atoms with van der Waals surface area (Å²) in [6, 6.07) is 2.68. The molecule has 5 nitrogen and oxygen atoms in total. The quantitative estimate of drug-likeness (QED) is 0.465. The number of rotatable bonds is 4. The third-order valence-corrected chi connectivity index (χ3v) is 2.37. The van der Waals surface area contributed by atoms with Crippen molar-refractivity contribution in [1.29, 1.82) is 0 Å². The minimum atomic E-state index is -0.558. The Morgan fingerprint density at radius 1 is 1.20 bits per heavy atom. The Kier molecular flexibility index (Phi) is 4.02. The van der Waals surface area contributed by atoms with Crippen molar-refractivity contribution in [3.63, 3.8) is 0 Å². The van der Waals surface area contributed by atoms with Gasteiger partial charge in [-0.3, -0.25) is 10.1 Å². The van der Waals surface area contributed by atoms with Gasteiger partial charge in [-0.05, 0) is 17.2 Å². The van der Waals surface area contributed by atoms with E-state index in [0.29, 0.717) is 16.7 Å². The van der Waals surface area contributed by atoms with E-state index < -0.39 is 4.92 Å². The second kappa shape index (κ2) is 5.06. The van der Waals surface area contributed by atoms with E-state index >= 15 is 0 Å². The average molecular weight is 232 g/mol. The van der Waals surface area contributed by atoms with Crippen molar-refractivity contribution in [1.82, 2.24) is 0 Å². The highest BCUT2D eigenvalue weighted by atomic mass is 35.5. The Bertz CT molecular complexity index is 381. The Morgan fingerprint density at radius 3 is 2.13 bits per heavy atom. The fourth-order valence-corrected chi connectivity index (χ4v) is 1.51. The molecule has 0 amide bonds. The highest BCUT2D eigenvalue weighted by molar-refractivity contribution is 6.17. The molecule has 0 aliphatic carbocycles. The molecule has 0 aliphatic rings. The second-order valence-electron chi connectivity index (χ2n) is 2.96. The van der Waals surface area contributed by atoms with Gasteiger partial charge in [-0.25, -0.2) is 0 Å². The first-order valence-corrected chi connectivity index (χ1v) is 4.74. The number of alkyl halides is 1. The van der Waals surface area contributed by atoms with Crippen molar-refractivity contribution in [2.45, 2.75) is 19.1 Å². The second-order valence-corrected chi connectivity index (χ2v) is 3.22. The number of nitro benzene ring substituents is 1. The molecule has 1 aromatic carbocycles. The fourth-order valence-electron chi connectivity index (χ4n) is 1.30. The summed E-state index contributed by atoms with van der Waals surface area (Å²) >= 11 is 5.55. The minimum Gasteiger partial charge on any atom is -0.392 e. The molecule has 0 aromatic heterocycles. The lowest BCUT2D eigenvalue weighted by Gasteiger charge is -2.07. The Balaban J connectivity index is 3.34. The molecule has 0 saturated carbocycles. The van der Waals surface area contributed by atoms with Crippen molar-refractivity contribution < 1.29 is 15.1 Å². The van der Waals surface area contributed by atoms with Crippen molar-refractivity contribution in [3.8, 4) is 0 Å². The van der Waals surface area contributed by atoms with Gasteiger partial charge in [0, 0.05) is 11.6 Å². The van der Waals surface area contributed by atoms with E-state index in [1.165, 1.54) is 12.1 Å². The summed E-state index contributed by atoms with van der Waals surface area (Å²) in [7, 11) is 0. The van der Waals surface area contributed by atoms with Gasteiger partial charge in [0.05, 0.1) is 24.0 Å². The maximum atomic E-state index is 10.7. The van der Waals surface area contributed by atoms with Gasteiger partial charge in [-0.2, -0.15) is 0 Å². The van der Waals surface area contributed by atoms with E-state index in [2.05, 4.69) is 0 Å². The van der Waals surface area contributed by atoms with Gasteiger partial charge in [-0.1, -0.05) is 0 Å². The molecule has 0 atom stereocenters. The number of hydrogen-bond donors (Lipinski definition) is 2. The molecule has 0 spiro atoms. The number of nitro groups is 1. The third-order valence-electron chi connectivity index (χ3n) is 2.08. The van der Waals surface area contributed by atoms with Crippen molar-refractivity contribution >= 4 is 17.3 Å². The molecule has 2 N–H and O–H groups in total. The summed E-state index contributed by atoms with van der Waals surface area (Å²) in [6.07, 6.45) is 0. The summed E-state index contributed by atoms with van der Waals surface area (Å²) in [5.41, 5.74) is 1.01. The summed E-state index contributed by atoms with van der Waals surface area (Å²) in [6.45, 7) is -0.628.